The molecule has 34 heavy (non-hydrogen) atoms. The first kappa shape index (κ1) is 25.5. The lowest BCUT2D eigenvalue weighted by atomic mass is 9.80. The van der Waals surface area contributed by atoms with Gasteiger partial charge in [0.15, 0.2) is 0 Å². The lowest BCUT2D eigenvalue weighted by Gasteiger charge is -2.47. The van der Waals surface area contributed by atoms with Crippen molar-refractivity contribution >= 4 is 34.8 Å². The number of piperidine rings is 1. The maximum Gasteiger partial charge on any atom is 0.149 e. The topological polar surface area (TPSA) is 64.5 Å². The van der Waals surface area contributed by atoms with Crippen LogP contribution in [0.25, 0.3) is 0 Å². The van der Waals surface area contributed by atoms with Crippen LogP contribution in [-0.4, -0.2) is 58.3 Å². The van der Waals surface area contributed by atoms with E-state index in [0.717, 1.165) is 55.6 Å². The molecule has 186 valence electrons. The van der Waals surface area contributed by atoms with E-state index in [1.165, 1.54) is 25.9 Å². The highest BCUT2D eigenvalue weighted by molar-refractivity contribution is 6.35. The molecule has 0 radical (unpaired) electrons. The van der Waals surface area contributed by atoms with Gasteiger partial charge in [-0.2, -0.15) is 0 Å². The maximum absolute atomic E-state index is 9.97. The van der Waals surface area contributed by atoms with Crippen LogP contribution in [0.5, 0.6) is 0 Å². The molecule has 1 aromatic heterocycles. The van der Waals surface area contributed by atoms with Crippen molar-refractivity contribution in [2.75, 3.05) is 42.9 Å². The number of anilines is 2. The summed E-state index contributed by atoms with van der Waals surface area (Å²) >= 11 is 12.4. The molecule has 2 atom stereocenters. The number of benzene rings is 1. The minimum absolute atomic E-state index is 0.0110. The Hall–Kier alpha value is -1.60. The summed E-state index contributed by atoms with van der Waals surface area (Å²) < 4.78 is 0. The molecule has 0 unspecified atom stereocenters. The second-order valence-corrected chi connectivity index (χ2v) is 11.4. The van der Waals surface area contributed by atoms with Crippen molar-refractivity contribution in [2.24, 2.45) is 11.8 Å². The van der Waals surface area contributed by atoms with E-state index < -0.39 is 5.60 Å². The Bertz CT molecular complexity index is 960. The van der Waals surface area contributed by atoms with Gasteiger partial charge in [0, 0.05) is 29.7 Å². The summed E-state index contributed by atoms with van der Waals surface area (Å²) in [5, 5.41) is 14.7. The van der Waals surface area contributed by atoms with Crippen molar-refractivity contribution in [1.82, 2.24) is 14.9 Å². The third kappa shape index (κ3) is 6.75. The summed E-state index contributed by atoms with van der Waals surface area (Å²) in [7, 11) is 0. The summed E-state index contributed by atoms with van der Waals surface area (Å²) in [6.07, 6.45) is 8.11. The molecule has 0 aliphatic carbocycles. The number of aliphatic hydroxyl groups is 1. The van der Waals surface area contributed by atoms with Crippen LogP contribution >= 0.6 is 23.2 Å². The third-order valence-corrected chi connectivity index (χ3v) is 7.68. The maximum atomic E-state index is 9.97. The van der Waals surface area contributed by atoms with Crippen molar-refractivity contribution in [3.63, 3.8) is 0 Å². The third-order valence-electron chi connectivity index (χ3n) is 7.12. The van der Waals surface area contributed by atoms with Crippen LogP contribution in [0.2, 0.25) is 10.0 Å². The van der Waals surface area contributed by atoms with Gasteiger partial charge in [-0.05, 0) is 89.1 Å². The zero-order valence-electron chi connectivity index (χ0n) is 20.5. The summed E-state index contributed by atoms with van der Waals surface area (Å²) in [5.74, 6) is 3.12. The Morgan fingerprint density at radius 2 is 1.97 bits per heavy atom. The molecule has 0 saturated carbocycles. The fourth-order valence-electron chi connectivity index (χ4n) is 5.14. The van der Waals surface area contributed by atoms with E-state index in [4.69, 9.17) is 28.2 Å². The second-order valence-electron chi connectivity index (χ2n) is 10.6. The number of halogens is 2. The van der Waals surface area contributed by atoms with Gasteiger partial charge in [0.05, 0.1) is 24.0 Å². The zero-order valence-corrected chi connectivity index (χ0v) is 22.0. The van der Waals surface area contributed by atoms with Crippen LogP contribution in [0, 0.1) is 11.8 Å². The van der Waals surface area contributed by atoms with Gasteiger partial charge in [0.1, 0.15) is 11.6 Å². The highest BCUT2D eigenvalue weighted by Gasteiger charge is 2.36. The summed E-state index contributed by atoms with van der Waals surface area (Å²) in [6, 6.07) is 5.54. The van der Waals surface area contributed by atoms with Crippen LogP contribution in [0.15, 0.2) is 30.6 Å². The van der Waals surface area contributed by atoms with Crippen molar-refractivity contribution in [1.29, 1.82) is 0 Å². The van der Waals surface area contributed by atoms with Crippen LogP contribution in [-0.2, 0) is 0 Å². The molecule has 8 heteroatoms. The van der Waals surface area contributed by atoms with Gasteiger partial charge >= 0.3 is 0 Å². The second kappa shape index (κ2) is 11.0. The van der Waals surface area contributed by atoms with E-state index >= 15 is 0 Å². The van der Waals surface area contributed by atoms with Gasteiger partial charge in [0.2, 0.25) is 0 Å². The molecule has 1 aromatic carbocycles. The van der Waals surface area contributed by atoms with Crippen molar-refractivity contribution < 1.29 is 5.11 Å². The van der Waals surface area contributed by atoms with E-state index in [0.29, 0.717) is 16.0 Å². The summed E-state index contributed by atoms with van der Waals surface area (Å²) in [6.45, 7) is 11.4. The lowest BCUT2D eigenvalue weighted by molar-refractivity contribution is 0.0594. The molecule has 2 aliphatic rings. The van der Waals surface area contributed by atoms with Crippen LogP contribution in [0.1, 0.15) is 58.1 Å². The predicted octanol–water partition coefficient (Wildman–Crippen LogP) is 5.66. The van der Waals surface area contributed by atoms with Crippen LogP contribution in [0.4, 0.5) is 11.6 Å². The van der Waals surface area contributed by atoms with Gasteiger partial charge in [0.25, 0.3) is 0 Å². The molecule has 0 amide bonds. The molecule has 2 N–H and O–H groups in total. The Kier molecular flexibility index (Phi) is 8.24. The number of likely N-dealkylation sites (tertiary alicyclic amines) is 1. The van der Waals surface area contributed by atoms with Crippen molar-refractivity contribution in [3.05, 3.63) is 46.2 Å². The molecule has 3 heterocycles. The lowest BCUT2D eigenvalue weighted by Crippen LogP contribution is -2.54. The molecule has 6 nitrogen and oxygen atoms in total. The predicted molar refractivity (Wildman–Crippen MR) is 141 cm³/mol. The largest absolute Gasteiger partial charge is 0.390 e. The Labute approximate surface area is 213 Å². The molecule has 0 bridgehead atoms. The standard InChI is InChI=1S/C26H37Cl2N5O/c1-18(22-8-7-21(27)12-23(22)28)30-24-13-29-14-25(31-24)33-16-20(17-33)19-6-4-10-32(15-19)11-5-9-26(2,3)34/h7-8,12-14,18-20,34H,4-6,9-11,15-17H2,1-3H3,(H,30,31)/t18-,19-/m1/s1. The fourth-order valence-corrected chi connectivity index (χ4v) is 5.71. The highest BCUT2D eigenvalue weighted by Crippen LogP contribution is 2.34. The van der Waals surface area contributed by atoms with Gasteiger partial charge in [-0.25, -0.2) is 4.98 Å². The van der Waals surface area contributed by atoms with Crippen LogP contribution in [0.3, 0.4) is 0 Å². The van der Waals surface area contributed by atoms with Crippen molar-refractivity contribution in [2.45, 2.75) is 58.1 Å². The van der Waals surface area contributed by atoms with Gasteiger partial charge in [-0.3, -0.25) is 4.98 Å². The molecule has 2 fully saturated rings. The monoisotopic (exact) mass is 505 g/mol. The Morgan fingerprint density at radius 3 is 2.71 bits per heavy atom. The molecule has 0 spiro atoms. The molecule has 2 saturated heterocycles. The SMILES string of the molecule is C[C@@H](Nc1cncc(N2CC([C@@H]3CCCN(CCCC(C)(C)O)C3)C2)n1)c1ccc(Cl)cc1Cl. The first-order valence-electron chi connectivity index (χ1n) is 12.4. The number of hydrogen-bond donors (Lipinski definition) is 2. The van der Waals surface area contributed by atoms with Gasteiger partial charge < -0.3 is 20.2 Å². The molecular weight excluding hydrogens is 469 g/mol. The first-order chi connectivity index (χ1) is 16.2. The minimum Gasteiger partial charge on any atom is -0.390 e. The minimum atomic E-state index is -0.563. The number of aromatic nitrogens is 2. The van der Waals surface area contributed by atoms with E-state index in [1.54, 1.807) is 12.3 Å². The number of nitrogens with one attached hydrogen (secondary N) is 1. The van der Waals surface area contributed by atoms with Gasteiger partial charge in [-0.15, -0.1) is 0 Å². The van der Waals surface area contributed by atoms with Gasteiger partial charge in [-0.1, -0.05) is 29.3 Å². The first-order valence-corrected chi connectivity index (χ1v) is 13.2. The Balaban J connectivity index is 1.28. The van der Waals surface area contributed by atoms with Crippen molar-refractivity contribution in [3.8, 4) is 0 Å². The van der Waals surface area contributed by atoms with E-state index in [2.05, 4.69) is 27.0 Å². The number of hydrogen-bond acceptors (Lipinski definition) is 6. The quantitative estimate of drug-likeness (QED) is 0.458. The van der Waals surface area contributed by atoms with E-state index in [1.807, 2.05) is 32.2 Å². The molecule has 2 aromatic rings. The fraction of sp³-hybridized carbons (Fsp3) is 0.615. The molecular formula is C26H37Cl2N5O. The summed E-state index contributed by atoms with van der Waals surface area (Å²) in [4.78, 5) is 14.2. The summed E-state index contributed by atoms with van der Waals surface area (Å²) in [5.41, 5.74) is 0.416. The average Bonchev–Trinajstić information content (AvgIpc) is 2.72. The van der Waals surface area contributed by atoms with Crippen LogP contribution < -0.4 is 10.2 Å². The molecule has 4 rings (SSSR count). The highest BCUT2D eigenvalue weighted by atomic mass is 35.5. The van der Waals surface area contributed by atoms with E-state index in [-0.39, 0.29) is 6.04 Å². The zero-order chi connectivity index (χ0) is 24.3. The normalized spacial score (nSPS) is 20.8. The number of rotatable bonds is 9. The van der Waals surface area contributed by atoms with E-state index in [9.17, 15) is 5.11 Å². The number of nitrogens with zero attached hydrogens (tertiary/aromatic N) is 4. The molecule has 2 aliphatic heterocycles. The smallest absolute Gasteiger partial charge is 0.149 e. The average molecular weight is 507 g/mol. The Morgan fingerprint density at radius 1 is 1.18 bits per heavy atom.